The Bertz CT molecular complexity index is 671. The van der Waals surface area contributed by atoms with E-state index in [9.17, 15) is 10.2 Å². The van der Waals surface area contributed by atoms with Crippen LogP contribution in [-0.4, -0.2) is 10.2 Å². The number of aryl methyl sites for hydroxylation is 1. The van der Waals surface area contributed by atoms with E-state index in [1.165, 1.54) is 24.0 Å². The van der Waals surface area contributed by atoms with Crippen LogP contribution >= 0.6 is 0 Å². The molecule has 0 heterocycles. The molecule has 0 spiro atoms. The SMILES string of the molecule is CCCCCc1cc(O)c(C2C=C(C)CCC2C(C)CCC=C(C)C)c(O)c1. The van der Waals surface area contributed by atoms with Crippen molar-refractivity contribution in [2.75, 3.05) is 0 Å². The number of rotatable bonds is 9. The van der Waals surface area contributed by atoms with Gasteiger partial charge in [-0.3, -0.25) is 0 Å². The van der Waals surface area contributed by atoms with Crippen molar-refractivity contribution in [1.82, 2.24) is 0 Å². The van der Waals surface area contributed by atoms with Crippen molar-refractivity contribution in [3.05, 3.63) is 46.6 Å². The molecule has 2 rings (SSSR count). The molecule has 1 aromatic rings. The number of unbranched alkanes of at least 4 members (excludes halogenated alkanes) is 2. The molecule has 156 valence electrons. The molecule has 1 aliphatic carbocycles. The van der Waals surface area contributed by atoms with Crippen LogP contribution in [0.25, 0.3) is 0 Å². The maximum atomic E-state index is 10.8. The van der Waals surface area contributed by atoms with E-state index in [4.69, 9.17) is 0 Å². The molecule has 28 heavy (non-hydrogen) atoms. The second-order valence-electron chi connectivity index (χ2n) is 9.08. The molecule has 0 aliphatic heterocycles. The molecular formula is C26H40O2. The first-order valence-electron chi connectivity index (χ1n) is 11.2. The summed E-state index contributed by atoms with van der Waals surface area (Å²) in [6.45, 7) is 11.0. The summed E-state index contributed by atoms with van der Waals surface area (Å²) in [6, 6.07) is 3.76. The highest BCUT2D eigenvalue weighted by Gasteiger charge is 2.32. The Balaban J connectivity index is 2.25. The van der Waals surface area contributed by atoms with Crippen molar-refractivity contribution in [3.8, 4) is 11.5 Å². The van der Waals surface area contributed by atoms with Crippen LogP contribution in [0.1, 0.15) is 96.6 Å². The number of hydrogen-bond donors (Lipinski definition) is 2. The Kier molecular flexibility index (Phi) is 8.66. The van der Waals surface area contributed by atoms with E-state index in [1.54, 1.807) is 0 Å². The molecule has 1 aromatic carbocycles. The zero-order chi connectivity index (χ0) is 20.7. The minimum atomic E-state index is 0.0974. The lowest BCUT2D eigenvalue weighted by atomic mass is 9.70. The van der Waals surface area contributed by atoms with Crippen LogP contribution in [0.5, 0.6) is 11.5 Å². The minimum Gasteiger partial charge on any atom is -0.507 e. The maximum absolute atomic E-state index is 10.8. The monoisotopic (exact) mass is 384 g/mol. The van der Waals surface area contributed by atoms with Gasteiger partial charge in [0.15, 0.2) is 0 Å². The molecule has 3 atom stereocenters. The van der Waals surface area contributed by atoms with Crippen LogP contribution in [0.4, 0.5) is 0 Å². The molecule has 0 fully saturated rings. The Labute approximate surface area is 172 Å². The van der Waals surface area contributed by atoms with Crippen molar-refractivity contribution in [2.45, 2.75) is 91.9 Å². The summed E-state index contributed by atoms with van der Waals surface area (Å²) in [5, 5.41) is 21.6. The van der Waals surface area contributed by atoms with Crippen molar-refractivity contribution in [2.24, 2.45) is 11.8 Å². The highest BCUT2D eigenvalue weighted by Crippen LogP contribution is 2.47. The molecule has 1 aliphatic rings. The first-order chi connectivity index (χ1) is 13.3. The van der Waals surface area contributed by atoms with E-state index in [1.807, 2.05) is 12.1 Å². The number of phenolic OH excluding ortho intramolecular Hbond substituents is 2. The molecule has 0 saturated carbocycles. The lowest BCUT2D eigenvalue weighted by Crippen LogP contribution is -2.23. The molecule has 0 bridgehead atoms. The molecule has 0 saturated heterocycles. The summed E-state index contributed by atoms with van der Waals surface area (Å²) in [5.41, 5.74) is 4.51. The lowest BCUT2D eigenvalue weighted by molar-refractivity contribution is 0.274. The summed E-state index contributed by atoms with van der Waals surface area (Å²) in [6.07, 6.45) is 13.5. The average molecular weight is 385 g/mol. The summed E-state index contributed by atoms with van der Waals surface area (Å²) in [7, 11) is 0. The largest absolute Gasteiger partial charge is 0.507 e. The van der Waals surface area contributed by atoms with Gasteiger partial charge in [0, 0.05) is 11.5 Å². The van der Waals surface area contributed by atoms with E-state index in [2.05, 4.69) is 46.8 Å². The van der Waals surface area contributed by atoms with Crippen molar-refractivity contribution in [3.63, 3.8) is 0 Å². The molecule has 0 aromatic heterocycles. The Morgan fingerprint density at radius 3 is 2.46 bits per heavy atom. The predicted molar refractivity (Wildman–Crippen MR) is 120 cm³/mol. The van der Waals surface area contributed by atoms with Gasteiger partial charge in [-0.15, -0.1) is 0 Å². The van der Waals surface area contributed by atoms with Crippen molar-refractivity contribution >= 4 is 0 Å². The van der Waals surface area contributed by atoms with Crippen LogP contribution in [0.2, 0.25) is 0 Å². The predicted octanol–water partition coefficient (Wildman–Crippen LogP) is 7.65. The number of benzene rings is 1. The molecule has 2 nitrogen and oxygen atoms in total. The second kappa shape index (κ2) is 10.7. The minimum absolute atomic E-state index is 0.0974. The second-order valence-corrected chi connectivity index (χ2v) is 9.08. The van der Waals surface area contributed by atoms with Crippen LogP contribution in [-0.2, 0) is 6.42 Å². The highest BCUT2D eigenvalue weighted by atomic mass is 16.3. The van der Waals surface area contributed by atoms with Crippen LogP contribution < -0.4 is 0 Å². The Hall–Kier alpha value is -1.70. The van der Waals surface area contributed by atoms with Gasteiger partial charge in [-0.05, 0) is 88.8 Å². The highest BCUT2D eigenvalue weighted by molar-refractivity contribution is 5.51. The van der Waals surface area contributed by atoms with Crippen LogP contribution in [0.3, 0.4) is 0 Å². The first-order valence-corrected chi connectivity index (χ1v) is 11.2. The number of allylic oxidation sites excluding steroid dienone is 4. The topological polar surface area (TPSA) is 40.5 Å². The standard InChI is InChI=1S/C26H40O2/c1-6-7-8-12-21-16-24(27)26(25(28)17-21)23-15-19(4)13-14-22(23)20(5)11-9-10-18(2)3/h10,15-17,20,22-23,27-28H,6-9,11-14H2,1-5H3. The summed E-state index contributed by atoms with van der Waals surface area (Å²) < 4.78 is 0. The quantitative estimate of drug-likeness (QED) is 0.339. The molecule has 2 N–H and O–H groups in total. The van der Waals surface area contributed by atoms with E-state index in [0.717, 1.165) is 49.7 Å². The third kappa shape index (κ3) is 6.15. The number of hydrogen-bond acceptors (Lipinski definition) is 2. The average Bonchev–Trinajstić information content (AvgIpc) is 2.61. The summed E-state index contributed by atoms with van der Waals surface area (Å²) in [4.78, 5) is 0. The van der Waals surface area contributed by atoms with Gasteiger partial charge in [0.2, 0.25) is 0 Å². The fraction of sp³-hybridized carbons (Fsp3) is 0.615. The molecule has 2 heteroatoms. The van der Waals surface area contributed by atoms with E-state index >= 15 is 0 Å². The smallest absolute Gasteiger partial charge is 0.123 e. The summed E-state index contributed by atoms with van der Waals surface area (Å²) >= 11 is 0. The fourth-order valence-electron chi connectivity index (χ4n) is 4.62. The van der Waals surface area contributed by atoms with Gasteiger partial charge >= 0.3 is 0 Å². The van der Waals surface area contributed by atoms with Gasteiger partial charge in [0.05, 0.1) is 0 Å². The maximum Gasteiger partial charge on any atom is 0.123 e. The lowest BCUT2D eigenvalue weighted by Gasteiger charge is -2.35. The van der Waals surface area contributed by atoms with Crippen molar-refractivity contribution in [1.29, 1.82) is 0 Å². The van der Waals surface area contributed by atoms with Gasteiger partial charge in [0.25, 0.3) is 0 Å². The van der Waals surface area contributed by atoms with Gasteiger partial charge in [-0.1, -0.05) is 50.0 Å². The molecular weight excluding hydrogens is 344 g/mol. The fourth-order valence-corrected chi connectivity index (χ4v) is 4.62. The zero-order valence-corrected chi connectivity index (χ0v) is 18.6. The number of phenols is 2. The van der Waals surface area contributed by atoms with Gasteiger partial charge in [-0.25, -0.2) is 0 Å². The Morgan fingerprint density at radius 1 is 1.18 bits per heavy atom. The normalized spacial score (nSPS) is 20.5. The van der Waals surface area contributed by atoms with Gasteiger partial charge in [0.1, 0.15) is 11.5 Å². The molecule has 3 unspecified atom stereocenters. The third-order valence-electron chi connectivity index (χ3n) is 6.30. The number of aromatic hydroxyl groups is 2. The van der Waals surface area contributed by atoms with Crippen LogP contribution in [0, 0.1) is 11.8 Å². The van der Waals surface area contributed by atoms with Gasteiger partial charge in [-0.2, -0.15) is 0 Å². The van der Waals surface area contributed by atoms with Crippen LogP contribution in [0.15, 0.2) is 35.4 Å². The summed E-state index contributed by atoms with van der Waals surface area (Å²) in [5.74, 6) is 1.64. The molecule has 0 amide bonds. The van der Waals surface area contributed by atoms with E-state index in [-0.39, 0.29) is 17.4 Å². The first kappa shape index (κ1) is 22.6. The molecule has 0 radical (unpaired) electrons. The zero-order valence-electron chi connectivity index (χ0n) is 18.6. The van der Waals surface area contributed by atoms with Gasteiger partial charge < -0.3 is 10.2 Å². The van der Waals surface area contributed by atoms with E-state index in [0.29, 0.717) is 11.8 Å². The third-order valence-corrected chi connectivity index (χ3v) is 6.30. The Morgan fingerprint density at radius 2 is 1.86 bits per heavy atom. The van der Waals surface area contributed by atoms with E-state index < -0.39 is 0 Å². The van der Waals surface area contributed by atoms with Crippen molar-refractivity contribution < 1.29 is 10.2 Å².